The van der Waals surface area contributed by atoms with Gasteiger partial charge in [-0.1, -0.05) is 12.1 Å². The molecule has 210 valence electrons. The number of rotatable bonds is 7. The largest absolute Gasteiger partial charge is 0.496 e. The first kappa shape index (κ1) is 26.8. The number of piperidine rings is 1. The second-order valence-electron chi connectivity index (χ2n) is 10.4. The highest BCUT2D eigenvalue weighted by molar-refractivity contribution is 5.98. The fraction of sp³-hybridized carbons (Fsp3) is 0.344. The van der Waals surface area contributed by atoms with Gasteiger partial charge in [-0.3, -0.25) is 9.78 Å². The third kappa shape index (κ3) is 5.75. The molecule has 2 aliphatic rings. The number of methoxy groups -OCH3 is 1. The fourth-order valence-corrected chi connectivity index (χ4v) is 5.44. The van der Waals surface area contributed by atoms with Crippen LogP contribution in [0.1, 0.15) is 41.6 Å². The van der Waals surface area contributed by atoms with Crippen LogP contribution in [-0.2, 0) is 4.74 Å². The van der Waals surface area contributed by atoms with E-state index in [1.807, 2.05) is 42.5 Å². The molecule has 41 heavy (non-hydrogen) atoms. The molecule has 2 saturated heterocycles. The number of nitrogens with one attached hydrogen (secondary N) is 2. The monoisotopic (exact) mass is 552 g/mol. The number of amides is 1. The molecule has 2 N–H and O–H groups in total. The van der Waals surface area contributed by atoms with Crippen LogP contribution in [0.5, 0.6) is 11.5 Å². The molecular weight excluding hydrogens is 520 g/mol. The maximum atomic E-state index is 13.0. The summed E-state index contributed by atoms with van der Waals surface area (Å²) in [6, 6.07) is 17.1. The van der Waals surface area contributed by atoms with Gasteiger partial charge in [0.05, 0.1) is 31.5 Å². The Morgan fingerprint density at radius 1 is 1.07 bits per heavy atom. The van der Waals surface area contributed by atoms with E-state index in [0.29, 0.717) is 52.7 Å². The van der Waals surface area contributed by atoms with E-state index in [9.17, 15) is 10.1 Å². The Labute approximate surface area is 238 Å². The SMILES string of the molecule is COc1cc(-c2cc3nccc(-c4ccc(OC5CCOCC5)c(C#N)c4)c3o2)ccc1C(=O)N[C@H]1CCCNC1. The van der Waals surface area contributed by atoms with E-state index in [1.54, 1.807) is 19.4 Å². The molecule has 4 heterocycles. The second kappa shape index (κ2) is 12.0. The van der Waals surface area contributed by atoms with Crippen molar-refractivity contribution in [2.24, 2.45) is 0 Å². The first-order chi connectivity index (χ1) is 20.1. The number of hydrogen-bond donors (Lipinski definition) is 2. The van der Waals surface area contributed by atoms with Gasteiger partial charge < -0.3 is 29.3 Å². The number of hydrogen-bond acceptors (Lipinski definition) is 8. The van der Waals surface area contributed by atoms with E-state index in [-0.39, 0.29) is 18.1 Å². The van der Waals surface area contributed by atoms with Crippen molar-refractivity contribution in [2.75, 3.05) is 33.4 Å². The zero-order valence-electron chi connectivity index (χ0n) is 22.9. The number of carbonyl (C=O) groups excluding carboxylic acids is 1. The lowest BCUT2D eigenvalue weighted by Gasteiger charge is -2.24. The van der Waals surface area contributed by atoms with Gasteiger partial charge >= 0.3 is 0 Å². The van der Waals surface area contributed by atoms with E-state index in [4.69, 9.17) is 18.6 Å². The Bertz CT molecular complexity index is 1600. The zero-order chi connectivity index (χ0) is 28.2. The summed E-state index contributed by atoms with van der Waals surface area (Å²) in [7, 11) is 1.55. The van der Waals surface area contributed by atoms with Gasteiger partial charge in [0.15, 0.2) is 5.58 Å². The van der Waals surface area contributed by atoms with E-state index >= 15 is 0 Å². The molecule has 2 aliphatic heterocycles. The van der Waals surface area contributed by atoms with Crippen LogP contribution in [-0.4, -0.2) is 56.5 Å². The predicted octanol–water partition coefficient (Wildman–Crippen LogP) is 5.08. The Balaban J connectivity index is 1.28. The topological polar surface area (TPSA) is 119 Å². The quantitative estimate of drug-likeness (QED) is 0.326. The number of carbonyl (C=O) groups is 1. The molecule has 4 aromatic rings. The summed E-state index contributed by atoms with van der Waals surface area (Å²) in [5.74, 6) is 1.48. The van der Waals surface area contributed by atoms with Gasteiger partial charge in [0.2, 0.25) is 0 Å². The van der Waals surface area contributed by atoms with Gasteiger partial charge in [0.25, 0.3) is 5.91 Å². The molecular formula is C32H32N4O5. The minimum absolute atomic E-state index is 0.0423. The third-order valence-corrected chi connectivity index (χ3v) is 7.65. The number of nitriles is 1. The Morgan fingerprint density at radius 2 is 1.93 bits per heavy atom. The van der Waals surface area contributed by atoms with Crippen LogP contribution < -0.4 is 20.1 Å². The summed E-state index contributed by atoms with van der Waals surface area (Å²) in [6.07, 6.45) is 5.37. The maximum absolute atomic E-state index is 13.0. The van der Waals surface area contributed by atoms with E-state index < -0.39 is 0 Å². The van der Waals surface area contributed by atoms with Crippen LogP contribution in [0.2, 0.25) is 0 Å². The highest BCUT2D eigenvalue weighted by Gasteiger charge is 2.21. The number of fused-ring (bicyclic) bond motifs is 1. The molecule has 0 bridgehead atoms. The van der Waals surface area contributed by atoms with Crippen molar-refractivity contribution in [1.82, 2.24) is 15.6 Å². The van der Waals surface area contributed by atoms with Crippen molar-refractivity contribution >= 4 is 17.0 Å². The number of nitrogens with zero attached hydrogens (tertiary/aromatic N) is 2. The molecule has 2 fully saturated rings. The lowest BCUT2D eigenvalue weighted by molar-refractivity contribution is 0.0254. The summed E-state index contributed by atoms with van der Waals surface area (Å²) < 4.78 is 23.5. The summed E-state index contributed by atoms with van der Waals surface area (Å²) in [4.78, 5) is 17.5. The average Bonchev–Trinajstić information content (AvgIpc) is 3.47. The molecule has 0 saturated carbocycles. The number of furan rings is 1. The van der Waals surface area contributed by atoms with Crippen molar-refractivity contribution < 1.29 is 23.4 Å². The Hall–Kier alpha value is -4.39. The zero-order valence-corrected chi connectivity index (χ0v) is 22.9. The smallest absolute Gasteiger partial charge is 0.255 e. The van der Waals surface area contributed by atoms with Gasteiger partial charge in [-0.25, -0.2) is 0 Å². The fourth-order valence-electron chi connectivity index (χ4n) is 5.44. The van der Waals surface area contributed by atoms with Crippen molar-refractivity contribution in [3.63, 3.8) is 0 Å². The highest BCUT2D eigenvalue weighted by atomic mass is 16.5. The van der Waals surface area contributed by atoms with E-state index in [0.717, 1.165) is 55.5 Å². The predicted molar refractivity (Wildman–Crippen MR) is 154 cm³/mol. The molecule has 1 amide bonds. The number of ether oxygens (including phenoxy) is 3. The first-order valence-corrected chi connectivity index (χ1v) is 14.0. The van der Waals surface area contributed by atoms with Crippen molar-refractivity contribution in [3.05, 3.63) is 65.9 Å². The van der Waals surface area contributed by atoms with Gasteiger partial charge in [-0.2, -0.15) is 5.26 Å². The van der Waals surface area contributed by atoms with Crippen LogP contribution in [0.3, 0.4) is 0 Å². The average molecular weight is 553 g/mol. The Morgan fingerprint density at radius 3 is 2.71 bits per heavy atom. The molecule has 2 aromatic heterocycles. The molecule has 1 atom stereocenters. The minimum Gasteiger partial charge on any atom is -0.496 e. The molecule has 0 aliphatic carbocycles. The van der Waals surface area contributed by atoms with E-state index in [1.165, 1.54) is 0 Å². The molecule has 0 spiro atoms. The standard InChI is InChI=1S/C32H32N4O5/c1-38-30-16-21(4-6-26(30)32(37)36-23-3-2-11-34-19-23)29-17-27-31(41-29)25(8-12-35-27)20-5-7-28(22(15-20)18-33)40-24-9-13-39-14-10-24/h4-8,12,15-17,23-24,34H,2-3,9-11,13-14,19H2,1H3,(H,36,37)/t23-/m0/s1. The summed E-state index contributed by atoms with van der Waals surface area (Å²) in [6.45, 7) is 3.08. The van der Waals surface area contributed by atoms with Crippen molar-refractivity contribution in [3.8, 4) is 40.0 Å². The number of aromatic nitrogens is 1. The summed E-state index contributed by atoms with van der Waals surface area (Å²) in [5.41, 5.74) is 4.64. The molecule has 9 nitrogen and oxygen atoms in total. The molecule has 0 unspecified atom stereocenters. The minimum atomic E-state index is -0.159. The molecule has 9 heteroatoms. The van der Waals surface area contributed by atoms with E-state index in [2.05, 4.69) is 21.7 Å². The van der Waals surface area contributed by atoms with Crippen LogP contribution >= 0.6 is 0 Å². The van der Waals surface area contributed by atoms with Crippen LogP contribution in [0.4, 0.5) is 0 Å². The molecule has 6 rings (SSSR count). The number of benzene rings is 2. The summed E-state index contributed by atoms with van der Waals surface area (Å²) in [5, 5.41) is 16.3. The lowest BCUT2D eigenvalue weighted by Crippen LogP contribution is -2.45. The van der Waals surface area contributed by atoms with Crippen molar-refractivity contribution in [1.29, 1.82) is 5.26 Å². The van der Waals surface area contributed by atoms with Crippen LogP contribution in [0.25, 0.3) is 33.6 Å². The maximum Gasteiger partial charge on any atom is 0.255 e. The summed E-state index contributed by atoms with van der Waals surface area (Å²) >= 11 is 0. The lowest BCUT2D eigenvalue weighted by atomic mass is 10.0. The Kier molecular flexibility index (Phi) is 7.85. The first-order valence-electron chi connectivity index (χ1n) is 14.0. The van der Waals surface area contributed by atoms with Gasteiger partial charge in [-0.15, -0.1) is 0 Å². The van der Waals surface area contributed by atoms with Gasteiger partial charge in [0.1, 0.15) is 34.9 Å². The van der Waals surface area contributed by atoms with Crippen molar-refractivity contribution in [2.45, 2.75) is 37.8 Å². The second-order valence-corrected chi connectivity index (χ2v) is 10.4. The van der Waals surface area contributed by atoms with Crippen LogP contribution in [0.15, 0.2) is 59.1 Å². The number of pyridine rings is 1. The highest BCUT2D eigenvalue weighted by Crippen LogP contribution is 2.37. The van der Waals surface area contributed by atoms with Gasteiger partial charge in [-0.05, 0) is 55.3 Å². The molecule has 2 aromatic carbocycles. The normalized spacial score (nSPS) is 17.6. The van der Waals surface area contributed by atoms with Gasteiger partial charge in [0, 0.05) is 48.8 Å². The third-order valence-electron chi connectivity index (χ3n) is 7.65. The van der Waals surface area contributed by atoms with Crippen LogP contribution in [0, 0.1) is 11.3 Å². The molecule has 0 radical (unpaired) electrons.